The summed E-state index contributed by atoms with van der Waals surface area (Å²) < 4.78 is 0. The van der Waals surface area contributed by atoms with E-state index in [-0.39, 0.29) is 0 Å². The van der Waals surface area contributed by atoms with E-state index in [0.717, 1.165) is 17.8 Å². The van der Waals surface area contributed by atoms with Crippen LogP contribution in [0, 0.1) is 19.8 Å². The third-order valence-corrected chi connectivity index (χ3v) is 4.53. The van der Waals surface area contributed by atoms with Crippen molar-refractivity contribution in [3.63, 3.8) is 0 Å². The van der Waals surface area contributed by atoms with Gasteiger partial charge >= 0.3 is 0 Å². The molecule has 1 fully saturated rings. The fourth-order valence-electron chi connectivity index (χ4n) is 2.50. The maximum absolute atomic E-state index is 3.59. The largest absolute Gasteiger partial charge is 0.299 e. The van der Waals surface area contributed by atoms with Crippen molar-refractivity contribution in [2.45, 2.75) is 26.8 Å². The lowest BCUT2D eigenvalue weighted by Crippen LogP contribution is -2.21. The van der Waals surface area contributed by atoms with Gasteiger partial charge in [0.1, 0.15) is 0 Å². The van der Waals surface area contributed by atoms with Crippen molar-refractivity contribution in [1.82, 2.24) is 4.90 Å². The molecule has 2 heteroatoms. The first-order valence-corrected chi connectivity index (χ1v) is 7.16. The Morgan fingerprint density at radius 1 is 1.31 bits per heavy atom. The third-order valence-electron chi connectivity index (χ3n) is 3.61. The zero-order chi connectivity index (χ0) is 11.5. The summed E-state index contributed by atoms with van der Waals surface area (Å²) in [4.78, 5) is 2.58. The van der Waals surface area contributed by atoms with E-state index >= 15 is 0 Å². The molecule has 0 radical (unpaired) electrons. The standard InChI is InChI=1S/C14H20BrN/c1-11-4-3-5-12(2)14(11)10-16-7-6-13(8-15)9-16/h3-5,13H,6-10H2,1-2H3. The van der Waals surface area contributed by atoms with Crippen LogP contribution in [0.3, 0.4) is 0 Å². The molecule has 0 bridgehead atoms. The molecule has 1 atom stereocenters. The summed E-state index contributed by atoms with van der Waals surface area (Å²) in [6, 6.07) is 6.60. The summed E-state index contributed by atoms with van der Waals surface area (Å²) in [5, 5.41) is 1.15. The number of rotatable bonds is 3. The predicted molar refractivity (Wildman–Crippen MR) is 73.1 cm³/mol. The molecule has 88 valence electrons. The molecular formula is C14H20BrN. The van der Waals surface area contributed by atoms with Crippen LogP contribution in [0.15, 0.2) is 18.2 Å². The Balaban J connectivity index is 2.04. The molecule has 1 unspecified atom stereocenters. The average Bonchev–Trinajstić information content (AvgIpc) is 2.71. The Kier molecular flexibility index (Phi) is 4.04. The molecule has 1 nitrogen and oxygen atoms in total. The first-order chi connectivity index (χ1) is 7.70. The normalized spacial score (nSPS) is 21.6. The minimum Gasteiger partial charge on any atom is -0.299 e. The van der Waals surface area contributed by atoms with E-state index in [1.54, 1.807) is 0 Å². The number of nitrogens with zero attached hydrogens (tertiary/aromatic N) is 1. The summed E-state index contributed by atoms with van der Waals surface area (Å²) in [7, 11) is 0. The van der Waals surface area contributed by atoms with E-state index in [0.29, 0.717) is 0 Å². The number of aryl methyl sites for hydroxylation is 2. The second kappa shape index (κ2) is 5.33. The second-order valence-electron chi connectivity index (χ2n) is 4.91. The lowest BCUT2D eigenvalue weighted by molar-refractivity contribution is 0.320. The Morgan fingerprint density at radius 2 is 2.00 bits per heavy atom. The van der Waals surface area contributed by atoms with E-state index in [9.17, 15) is 0 Å². The Bertz CT molecular complexity index is 342. The van der Waals surface area contributed by atoms with E-state index in [1.807, 2.05) is 0 Å². The summed E-state index contributed by atoms with van der Waals surface area (Å²) >= 11 is 3.59. The van der Waals surface area contributed by atoms with Gasteiger partial charge in [0.2, 0.25) is 0 Å². The molecule has 2 rings (SSSR count). The molecule has 1 heterocycles. The van der Waals surface area contributed by atoms with Gasteiger partial charge in [-0.3, -0.25) is 4.90 Å². The molecule has 1 aromatic carbocycles. The van der Waals surface area contributed by atoms with Crippen LogP contribution in [0.25, 0.3) is 0 Å². The lowest BCUT2D eigenvalue weighted by Gasteiger charge is -2.18. The van der Waals surface area contributed by atoms with Gasteiger partial charge in [0.05, 0.1) is 0 Å². The molecule has 0 amide bonds. The smallest absolute Gasteiger partial charge is 0.0239 e. The molecule has 16 heavy (non-hydrogen) atoms. The quantitative estimate of drug-likeness (QED) is 0.767. The van der Waals surface area contributed by atoms with Gasteiger partial charge in [-0.15, -0.1) is 0 Å². The van der Waals surface area contributed by atoms with Crippen molar-refractivity contribution in [2.24, 2.45) is 5.92 Å². The Labute approximate surface area is 107 Å². The highest BCUT2D eigenvalue weighted by Gasteiger charge is 2.21. The molecule has 1 aliphatic rings. The van der Waals surface area contributed by atoms with Gasteiger partial charge in [-0.1, -0.05) is 34.1 Å². The average molecular weight is 282 g/mol. The van der Waals surface area contributed by atoms with Crippen molar-refractivity contribution < 1.29 is 0 Å². The summed E-state index contributed by atoms with van der Waals surface area (Å²) in [6.45, 7) is 8.08. The Hall–Kier alpha value is -0.340. The van der Waals surface area contributed by atoms with Gasteiger partial charge in [-0.05, 0) is 49.4 Å². The predicted octanol–water partition coefficient (Wildman–Crippen LogP) is 3.52. The van der Waals surface area contributed by atoms with Crippen LogP contribution in [0.4, 0.5) is 0 Å². The highest BCUT2D eigenvalue weighted by Crippen LogP contribution is 2.22. The molecule has 1 aromatic rings. The number of alkyl halides is 1. The lowest BCUT2D eigenvalue weighted by atomic mass is 10.0. The Morgan fingerprint density at radius 3 is 2.56 bits per heavy atom. The second-order valence-corrected chi connectivity index (χ2v) is 5.56. The number of hydrogen-bond acceptors (Lipinski definition) is 1. The van der Waals surface area contributed by atoms with Crippen molar-refractivity contribution in [3.05, 3.63) is 34.9 Å². The molecule has 0 aromatic heterocycles. The van der Waals surface area contributed by atoms with Crippen LogP contribution in [-0.2, 0) is 6.54 Å². The van der Waals surface area contributed by atoms with Crippen LogP contribution in [0.1, 0.15) is 23.1 Å². The summed E-state index contributed by atoms with van der Waals surface area (Å²) in [5.41, 5.74) is 4.39. The molecule has 0 N–H and O–H groups in total. The van der Waals surface area contributed by atoms with Crippen molar-refractivity contribution in [2.75, 3.05) is 18.4 Å². The molecule has 0 aliphatic carbocycles. The minimum absolute atomic E-state index is 0.851. The fourth-order valence-corrected chi connectivity index (χ4v) is 3.03. The summed E-state index contributed by atoms with van der Waals surface area (Å²) in [5.74, 6) is 0.851. The number of hydrogen-bond donors (Lipinski definition) is 0. The van der Waals surface area contributed by atoms with E-state index in [1.165, 1.54) is 36.2 Å². The molecular weight excluding hydrogens is 262 g/mol. The topological polar surface area (TPSA) is 3.24 Å². The van der Waals surface area contributed by atoms with Crippen molar-refractivity contribution >= 4 is 15.9 Å². The maximum atomic E-state index is 3.59. The fraction of sp³-hybridized carbons (Fsp3) is 0.571. The first-order valence-electron chi connectivity index (χ1n) is 6.04. The maximum Gasteiger partial charge on any atom is 0.0239 e. The van der Waals surface area contributed by atoms with Gasteiger partial charge in [0, 0.05) is 18.4 Å². The van der Waals surface area contributed by atoms with Crippen LogP contribution < -0.4 is 0 Å². The molecule has 0 spiro atoms. The van der Waals surface area contributed by atoms with Gasteiger partial charge in [0.15, 0.2) is 0 Å². The van der Waals surface area contributed by atoms with Gasteiger partial charge in [-0.2, -0.15) is 0 Å². The highest BCUT2D eigenvalue weighted by atomic mass is 79.9. The first kappa shape index (κ1) is 12.1. The van der Waals surface area contributed by atoms with Crippen LogP contribution >= 0.6 is 15.9 Å². The van der Waals surface area contributed by atoms with Crippen LogP contribution in [0.5, 0.6) is 0 Å². The molecule has 1 aliphatic heterocycles. The van der Waals surface area contributed by atoms with Crippen molar-refractivity contribution in [1.29, 1.82) is 0 Å². The van der Waals surface area contributed by atoms with E-state index in [4.69, 9.17) is 0 Å². The summed E-state index contributed by atoms with van der Waals surface area (Å²) in [6.07, 6.45) is 1.34. The zero-order valence-electron chi connectivity index (χ0n) is 10.2. The molecule has 1 saturated heterocycles. The van der Waals surface area contributed by atoms with Gasteiger partial charge < -0.3 is 0 Å². The third kappa shape index (κ3) is 2.67. The number of halogens is 1. The number of benzene rings is 1. The van der Waals surface area contributed by atoms with Crippen molar-refractivity contribution in [3.8, 4) is 0 Å². The SMILES string of the molecule is Cc1cccc(C)c1CN1CCC(CBr)C1. The number of likely N-dealkylation sites (tertiary alicyclic amines) is 1. The minimum atomic E-state index is 0.851. The highest BCUT2D eigenvalue weighted by molar-refractivity contribution is 9.09. The van der Waals surface area contributed by atoms with Crippen LogP contribution in [-0.4, -0.2) is 23.3 Å². The zero-order valence-corrected chi connectivity index (χ0v) is 11.8. The van der Waals surface area contributed by atoms with E-state index < -0.39 is 0 Å². The van der Waals surface area contributed by atoms with E-state index in [2.05, 4.69) is 52.9 Å². The van der Waals surface area contributed by atoms with Gasteiger partial charge in [0.25, 0.3) is 0 Å². The molecule has 0 saturated carbocycles. The van der Waals surface area contributed by atoms with Crippen LogP contribution in [0.2, 0.25) is 0 Å². The van der Waals surface area contributed by atoms with Gasteiger partial charge in [-0.25, -0.2) is 0 Å². The monoisotopic (exact) mass is 281 g/mol.